The maximum atomic E-state index is 6.05. The lowest BCUT2D eigenvalue weighted by atomic mass is 10.2. The van der Waals surface area contributed by atoms with E-state index in [-0.39, 0.29) is 0 Å². The first-order valence-corrected chi connectivity index (χ1v) is 18.5. The molecule has 0 atom stereocenters. The van der Waals surface area contributed by atoms with Crippen molar-refractivity contribution in [2.75, 3.05) is 13.2 Å². The zero-order valence-electron chi connectivity index (χ0n) is 16.5. The largest absolute Gasteiger partial charge is 0.494 e. The molecule has 0 unspecified atom stereocenters. The second-order valence-electron chi connectivity index (χ2n) is 8.21. The second kappa shape index (κ2) is 9.20. The normalized spacial score (nSPS) is 12.3. The molecule has 0 saturated heterocycles. The fourth-order valence-electron chi connectivity index (χ4n) is 2.56. The predicted octanol–water partition coefficient (Wildman–Crippen LogP) is 3.33. The summed E-state index contributed by atoms with van der Waals surface area (Å²) >= 11 is 0. The molecule has 0 saturated carbocycles. The number of rotatable bonds is 9. The van der Waals surface area contributed by atoms with Crippen molar-refractivity contribution in [3.05, 3.63) is 17.7 Å². The van der Waals surface area contributed by atoms with Crippen LogP contribution >= 0.6 is 0 Å². The minimum absolute atomic E-state index is 0.749. The van der Waals surface area contributed by atoms with Gasteiger partial charge in [-0.15, -0.1) is 0 Å². The first kappa shape index (κ1) is 20.7. The maximum absolute atomic E-state index is 6.05. The van der Waals surface area contributed by atoms with Crippen LogP contribution in [0.2, 0.25) is 51.9 Å². The van der Waals surface area contributed by atoms with Crippen molar-refractivity contribution in [2.45, 2.75) is 65.4 Å². The zero-order chi connectivity index (χ0) is 17.6. The van der Waals surface area contributed by atoms with Crippen molar-refractivity contribution in [3.63, 3.8) is 0 Å². The number of benzene rings is 1. The minimum Gasteiger partial charge on any atom is -0.494 e. The van der Waals surface area contributed by atoms with E-state index in [4.69, 9.17) is 9.47 Å². The molecule has 0 N–H and O–H groups in total. The highest BCUT2D eigenvalue weighted by molar-refractivity contribution is 6.76. The zero-order valence-corrected chi connectivity index (χ0v) is 19.8. The van der Waals surface area contributed by atoms with Crippen LogP contribution in [0.4, 0.5) is 0 Å². The Morgan fingerprint density at radius 2 is 1.48 bits per heavy atom. The highest BCUT2D eigenvalue weighted by Crippen LogP contribution is 2.14. The van der Waals surface area contributed by atoms with Crippen molar-refractivity contribution in [2.24, 2.45) is 0 Å². The molecule has 0 amide bonds. The van der Waals surface area contributed by atoms with Crippen LogP contribution in [0.15, 0.2) is 12.1 Å². The average Bonchev–Trinajstić information content (AvgIpc) is 2.43. The Kier molecular flexibility index (Phi) is 8.27. The lowest BCUT2D eigenvalue weighted by Gasteiger charge is -2.21. The van der Waals surface area contributed by atoms with Crippen LogP contribution in [-0.2, 0) is 11.3 Å². The standard InChI is InChI=1S/C18H36O2Si3/c1-9-20-18-16(21(2)3)12-15(13-17(18)22(4)5)14-19-10-11-23(6,7)8/h12-13,21-22H,9-11,14H2,1-8H3. The Morgan fingerprint density at radius 3 is 1.87 bits per heavy atom. The molecule has 1 aromatic rings. The molecule has 1 rings (SSSR count). The van der Waals surface area contributed by atoms with Crippen LogP contribution < -0.4 is 15.1 Å². The average molecular weight is 369 g/mol. The second-order valence-corrected chi connectivity index (χ2v) is 19.7. The molecule has 0 fully saturated rings. The summed E-state index contributed by atoms with van der Waals surface area (Å²) in [5.74, 6) is 1.21. The van der Waals surface area contributed by atoms with Crippen molar-refractivity contribution < 1.29 is 9.47 Å². The highest BCUT2D eigenvalue weighted by atomic mass is 28.3. The fourth-order valence-corrected chi connectivity index (χ4v) is 6.13. The smallest absolute Gasteiger partial charge is 0.117 e. The summed E-state index contributed by atoms with van der Waals surface area (Å²) in [6.45, 7) is 21.2. The molecule has 0 aromatic heterocycles. The van der Waals surface area contributed by atoms with Gasteiger partial charge in [0, 0.05) is 14.7 Å². The van der Waals surface area contributed by atoms with Crippen molar-refractivity contribution >= 4 is 36.0 Å². The Hall–Kier alpha value is -0.369. The molecule has 1 aromatic carbocycles. The van der Waals surface area contributed by atoms with E-state index in [2.05, 4.69) is 64.9 Å². The molecule has 132 valence electrons. The SMILES string of the molecule is CCOc1c([SiH](C)C)cc(COCC[Si](C)(C)C)cc1[SiH](C)C. The van der Waals surface area contributed by atoms with Gasteiger partial charge in [-0.1, -0.05) is 58.0 Å². The van der Waals surface area contributed by atoms with E-state index in [0.717, 1.165) is 19.8 Å². The van der Waals surface area contributed by atoms with Crippen LogP contribution in [-0.4, -0.2) is 38.9 Å². The Bertz CT molecular complexity index is 465. The van der Waals surface area contributed by atoms with Gasteiger partial charge in [0.1, 0.15) is 5.75 Å². The Labute approximate surface area is 147 Å². The van der Waals surface area contributed by atoms with E-state index < -0.39 is 25.7 Å². The first-order chi connectivity index (χ1) is 10.7. The lowest BCUT2D eigenvalue weighted by molar-refractivity contribution is 0.133. The third-order valence-corrected chi connectivity index (χ3v) is 9.05. The number of hydrogen-bond donors (Lipinski definition) is 0. The minimum atomic E-state index is -1.00. The molecular weight excluding hydrogens is 332 g/mol. The van der Waals surface area contributed by atoms with E-state index >= 15 is 0 Å². The molecule has 0 spiro atoms. The van der Waals surface area contributed by atoms with E-state index in [1.54, 1.807) is 0 Å². The van der Waals surface area contributed by atoms with Crippen molar-refractivity contribution in [1.82, 2.24) is 0 Å². The summed E-state index contributed by atoms with van der Waals surface area (Å²) in [6, 6.07) is 5.95. The van der Waals surface area contributed by atoms with Gasteiger partial charge in [0.2, 0.25) is 0 Å². The topological polar surface area (TPSA) is 18.5 Å². The number of ether oxygens (including phenoxy) is 2. The number of hydrogen-bond acceptors (Lipinski definition) is 2. The fraction of sp³-hybridized carbons (Fsp3) is 0.667. The van der Waals surface area contributed by atoms with Crippen molar-refractivity contribution in [1.29, 1.82) is 0 Å². The lowest BCUT2D eigenvalue weighted by Crippen LogP contribution is -2.36. The van der Waals surface area contributed by atoms with Crippen LogP contribution in [0.5, 0.6) is 5.75 Å². The Balaban J connectivity index is 2.96. The highest BCUT2D eigenvalue weighted by Gasteiger charge is 2.18. The summed E-state index contributed by atoms with van der Waals surface area (Å²) in [5.41, 5.74) is 1.34. The predicted molar refractivity (Wildman–Crippen MR) is 112 cm³/mol. The summed E-state index contributed by atoms with van der Waals surface area (Å²) in [6.07, 6.45) is 0. The monoisotopic (exact) mass is 368 g/mol. The van der Waals surface area contributed by atoms with Gasteiger partial charge < -0.3 is 9.47 Å². The summed E-state index contributed by atoms with van der Waals surface area (Å²) in [7, 11) is -2.84. The van der Waals surface area contributed by atoms with E-state index in [1.165, 1.54) is 27.7 Å². The van der Waals surface area contributed by atoms with Gasteiger partial charge in [0.25, 0.3) is 0 Å². The van der Waals surface area contributed by atoms with E-state index in [9.17, 15) is 0 Å². The summed E-state index contributed by atoms with van der Waals surface area (Å²) in [4.78, 5) is 0. The molecule has 0 aliphatic heterocycles. The van der Waals surface area contributed by atoms with Crippen LogP contribution in [0, 0.1) is 0 Å². The molecule has 0 bridgehead atoms. The van der Waals surface area contributed by atoms with Gasteiger partial charge in [-0.25, -0.2) is 0 Å². The maximum Gasteiger partial charge on any atom is 0.117 e. The van der Waals surface area contributed by atoms with E-state index in [1.807, 2.05) is 0 Å². The molecule has 5 heteroatoms. The van der Waals surface area contributed by atoms with Crippen molar-refractivity contribution in [3.8, 4) is 5.75 Å². The third-order valence-electron chi connectivity index (χ3n) is 4.00. The quantitative estimate of drug-likeness (QED) is 0.492. The van der Waals surface area contributed by atoms with Gasteiger partial charge in [-0.2, -0.15) is 0 Å². The molecule has 0 aliphatic carbocycles. The molecule has 0 aliphatic rings. The molecule has 23 heavy (non-hydrogen) atoms. The van der Waals surface area contributed by atoms with Gasteiger partial charge in [-0.3, -0.25) is 0 Å². The molecule has 0 radical (unpaired) electrons. The molecule has 2 nitrogen and oxygen atoms in total. The van der Waals surface area contributed by atoms with Crippen LogP contribution in [0.25, 0.3) is 0 Å². The summed E-state index contributed by atoms with van der Waals surface area (Å²) in [5, 5.41) is 2.96. The molecular formula is C18H36O2Si3. The third kappa shape index (κ3) is 6.95. The van der Waals surface area contributed by atoms with Crippen LogP contribution in [0.1, 0.15) is 12.5 Å². The summed E-state index contributed by atoms with van der Waals surface area (Å²) < 4.78 is 12.0. The van der Waals surface area contributed by atoms with Gasteiger partial charge in [0.15, 0.2) is 0 Å². The Morgan fingerprint density at radius 1 is 0.957 bits per heavy atom. The van der Waals surface area contributed by atoms with Crippen LogP contribution in [0.3, 0.4) is 0 Å². The van der Waals surface area contributed by atoms with Gasteiger partial charge in [-0.05, 0) is 28.9 Å². The van der Waals surface area contributed by atoms with Gasteiger partial charge >= 0.3 is 0 Å². The first-order valence-electron chi connectivity index (χ1n) is 9.03. The van der Waals surface area contributed by atoms with Gasteiger partial charge in [0.05, 0.1) is 30.8 Å². The molecule has 0 heterocycles. The van der Waals surface area contributed by atoms with E-state index in [0.29, 0.717) is 0 Å².